The van der Waals surface area contributed by atoms with Crippen LogP contribution in [0.2, 0.25) is 0 Å². The highest BCUT2D eigenvalue weighted by Gasteiger charge is 2.46. The molecule has 12 nitrogen and oxygen atoms in total. The summed E-state index contributed by atoms with van der Waals surface area (Å²) in [6.07, 6.45) is -2.17. The number of hydrogen-bond donors (Lipinski definition) is 4. The number of aromatic nitrogens is 4. The van der Waals surface area contributed by atoms with Crippen LogP contribution in [0.1, 0.15) is 16.6 Å². The number of aliphatic hydroxyl groups excluding tert-OH is 2. The fourth-order valence-electron chi connectivity index (χ4n) is 3.26. The predicted molar refractivity (Wildman–Crippen MR) is 103 cm³/mol. The van der Waals surface area contributed by atoms with E-state index in [0.29, 0.717) is 5.56 Å². The van der Waals surface area contributed by atoms with Crippen molar-refractivity contribution in [3.8, 4) is 0 Å². The van der Waals surface area contributed by atoms with Crippen molar-refractivity contribution in [1.82, 2.24) is 19.5 Å². The average Bonchev–Trinajstić information content (AvgIpc) is 3.30. The van der Waals surface area contributed by atoms with Gasteiger partial charge in [-0.25, -0.2) is 15.0 Å². The van der Waals surface area contributed by atoms with Crippen LogP contribution in [0.5, 0.6) is 0 Å². The highest BCUT2D eigenvalue weighted by molar-refractivity contribution is 7.32. The number of ether oxygens (including phenoxy) is 1. The predicted octanol–water partition coefficient (Wildman–Crippen LogP) is 0.0964. The molecule has 4 N–H and O–H groups in total. The molecule has 5 atom stereocenters. The van der Waals surface area contributed by atoms with E-state index in [4.69, 9.17) is 14.2 Å². The molecule has 3 heterocycles. The minimum atomic E-state index is -3.37. The van der Waals surface area contributed by atoms with Crippen molar-refractivity contribution in [2.24, 2.45) is 0 Å². The summed E-state index contributed by atoms with van der Waals surface area (Å²) >= 11 is 0. The fraction of sp³-hybridized carbons (Fsp3) is 0.294. The first-order valence-corrected chi connectivity index (χ1v) is 10.1. The van der Waals surface area contributed by atoms with Gasteiger partial charge >= 0.3 is 8.25 Å². The second kappa shape index (κ2) is 8.56. The van der Waals surface area contributed by atoms with Crippen LogP contribution in [-0.4, -0.2) is 65.5 Å². The molecule has 0 bridgehead atoms. The molecular weight excluding hydrogens is 417 g/mol. The fourth-order valence-corrected chi connectivity index (χ4v) is 3.78. The Balaban J connectivity index is 1.63. The average molecular weight is 435 g/mol. The summed E-state index contributed by atoms with van der Waals surface area (Å²) in [4.78, 5) is 33.9. The van der Waals surface area contributed by atoms with Gasteiger partial charge in [-0.15, -0.1) is 0 Å². The molecule has 1 aliphatic rings. The van der Waals surface area contributed by atoms with E-state index in [-0.39, 0.29) is 22.9 Å². The van der Waals surface area contributed by atoms with E-state index in [1.165, 1.54) is 17.2 Å². The molecule has 2 aromatic heterocycles. The molecule has 1 fully saturated rings. The van der Waals surface area contributed by atoms with Crippen LogP contribution in [-0.2, 0) is 13.8 Å². The lowest BCUT2D eigenvalue weighted by Gasteiger charge is -2.18. The molecule has 13 heteroatoms. The Morgan fingerprint density at radius 2 is 2.03 bits per heavy atom. The monoisotopic (exact) mass is 435 g/mol. The molecule has 0 spiro atoms. The normalized spacial score (nSPS) is 24.8. The maximum Gasteiger partial charge on any atom is 0.317 e. The van der Waals surface area contributed by atoms with Crippen molar-refractivity contribution in [2.45, 2.75) is 24.5 Å². The van der Waals surface area contributed by atoms with Crippen molar-refractivity contribution < 1.29 is 33.7 Å². The molecule has 0 radical (unpaired) electrons. The number of imidazole rings is 1. The number of aliphatic hydroxyl groups is 2. The zero-order valence-electron chi connectivity index (χ0n) is 15.3. The number of fused-ring (bicyclic) bond motifs is 1. The molecule has 1 aliphatic heterocycles. The Bertz CT molecular complexity index is 1080. The number of nitrogens with one attached hydrogen (secondary N) is 1. The number of carbonyl (C=O) groups is 1. The van der Waals surface area contributed by atoms with E-state index in [9.17, 15) is 19.6 Å². The van der Waals surface area contributed by atoms with Crippen molar-refractivity contribution in [2.75, 3.05) is 11.9 Å². The molecule has 4 rings (SSSR count). The van der Waals surface area contributed by atoms with Gasteiger partial charge < -0.3 is 29.7 Å². The van der Waals surface area contributed by atoms with Crippen molar-refractivity contribution in [3.05, 3.63) is 48.5 Å². The highest BCUT2D eigenvalue weighted by Crippen LogP contribution is 2.37. The maximum atomic E-state index is 12.4. The minimum Gasteiger partial charge on any atom is -0.394 e. The van der Waals surface area contributed by atoms with Crippen molar-refractivity contribution in [1.29, 1.82) is 0 Å². The van der Waals surface area contributed by atoms with E-state index in [1.54, 1.807) is 30.3 Å². The summed E-state index contributed by atoms with van der Waals surface area (Å²) in [5, 5.41) is 22.7. The van der Waals surface area contributed by atoms with Crippen LogP contribution in [0.4, 0.5) is 5.82 Å². The van der Waals surface area contributed by atoms with E-state index in [0.717, 1.165) is 0 Å². The molecule has 158 valence electrons. The van der Waals surface area contributed by atoms with Crippen LogP contribution in [0, 0.1) is 0 Å². The minimum absolute atomic E-state index is 0.159. The number of rotatable bonds is 6. The van der Waals surface area contributed by atoms with Crippen LogP contribution < -0.4 is 5.32 Å². The number of carbonyl (C=O) groups excluding carboxylic acids is 1. The number of nitrogens with zero attached hydrogens (tertiary/aromatic N) is 4. The van der Waals surface area contributed by atoms with Gasteiger partial charge in [0, 0.05) is 5.56 Å². The Morgan fingerprint density at radius 3 is 2.73 bits per heavy atom. The lowest BCUT2D eigenvalue weighted by molar-refractivity contribution is -0.0504. The molecule has 3 aromatic rings. The largest absolute Gasteiger partial charge is 0.394 e. The first-order valence-electron chi connectivity index (χ1n) is 8.87. The zero-order valence-corrected chi connectivity index (χ0v) is 16.3. The molecule has 0 saturated carbocycles. The van der Waals surface area contributed by atoms with Crippen molar-refractivity contribution in [3.63, 3.8) is 0 Å². The maximum absolute atomic E-state index is 12.4. The highest BCUT2D eigenvalue weighted by atomic mass is 31.1. The van der Waals surface area contributed by atoms with E-state index >= 15 is 0 Å². The molecule has 1 amide bonds. The van der Waals surface area contributed by atoms with Crippen LogP contribution in [0.15, 0.2) is 43.0 Å². The first kappa shape index (κ1) is 20.5. The van der Waals surface area contributed by atoms with Gasteiger partial charge in [-0.1, -0.05) is 18.2 Å². The Morgan fingerprint density at radius 1 is 1.27 bits per heavy atom. The Hall–Kier alpha value is -2.73. The van der Waals surface area contributed by atoms with Gasteiger partial charge in [0.2, 0.25) is 0 Å². The second-order valence-corrected chi connectivity index (χ2v) is 7.22. The van der Waals surface area contributed by atoms with Gasteiger partial charge in [0.05, 0.1) is 12.9 Å². The summed E-state index contributed by atoms with van der Waals surface area (Å²) in [5.41, 5.74) is 0.924. The van der Waals surface area contributed by atoms with Gasteiger partial charge in [0.15, 0.2) is 23.2 Å². The van der Waals surface area contributed by atoms with Gasteiger partial charge in [0.1, 0.15) is 24.6 Å². The number of benzene rings is 1. The van der Waals surface area contributed by atoms with E-state index in [1.807, 2.05) is 0 Å². The van der Waals surface area contributed by atoms with Gasteiger partial charge in [-0.2, -0.15) is 0 Å². The smallest absolute Gasteiger partial charge is 0.317 e. The lowest BCUT2D eigenvalue weighted by atomic mass is 10.1. The van der Waals surface area contributed by atoms with E-state index < -0.39 is 39.4 Å². The molecule has 1 unspecified atom stereocenters. The summed E-state index contributed by atoms with van der Waals surface area (Å²) in [7, 11) is -3.37. The zero-order chi connectivity index (χ0) is 21.3. The molecular formula is C17H18N5O7P. The van der Waals surface area contributed by atoms with Gasteiger partial charge in [-0.3, -0.25) is 13.9 Å². The van der Waals surface area contributed by atoms with Crippen molar-refractivity contribution >= 4 is 31.1 Å². The molecule has 30 heavy (non-hydrogen) atoms. The summed E-state index contributed by atoms with van der Waals surface area (Å²) in [6, 6.07) is 8.55. The van der Waals surface area contributed by atoms with Gasteiger partial charge in [-0.05, 0) is 12.1 Å². The summed E-state index contributed by atoms with van der Waals surface area (Å²) in [6.45, 7) is -0.534. The third-order valence-electron chi connectivity index (χ3n) is 4.63. The Kier molecular flexibility index (Phi) is 5.86. The Labute approximate surface area is 170 Å². The van der Waals surface area contributed by atoms with Crippen LogP contribution in [0.25, 0.3) is 11.2 Å². The van der Waals surface area contributed by atoms with Crippen LogP contribution in [0.3, 0.4) is 0 Å². The quantitative estimate of drug-likeness (QED) is 0.390. The standard InChI is InChI=1S/C17H18N5O7P/c23-6-10-13(29-30(26)27)12(24)17(28-10)22-8-20-11-14(18-7-19-15(11)22)21-16(25)9-4-2-1-3-5-9/h1-5,7-8,10,12-13,17,23-24,30H,6H2,(H,26,27)(H,18,19,21,25)/t10-,12-,13-,17-/m1/s1. The summed E-state index contributed by atoms with van der Waals surface area (Å²) in [5.74, 6) is -0.226. The summed E-state index contributed by atoms with van der Waals surface area (Å²) < 4.78 is 22.9. The topological polar surface area (TPSA) is 169 Å². The van der Waals surface area contributed by atoms with Gasteiger partial charge in [0.25, 0.3) is 5.91 Å². The number of amides is 1. The third-order valence-corrected chi connectivity index (χ3v) is 5.10. The van der Waals surface area contributed by atoms with E-state index in [2.05, 4.69) is 20.3 Å². The molecule has 1 aromatic carbocycles. The first-order chi connectivity index (χ1) is 14.5. The lowest BCUT2D eigenvalue weighted by Crippen LogP contribution is -2.34. The molecule has 1 saturated heterocycles. The molecule has 0 aliphatic carbocycles. The SMILES string of the molecule is O=C(Nc1ncnc2c1ncn2[C@@H]1O[C@H](CO)[C@@H](O[PH](=O)O)[C@H]1O)c1ccccc1. The second-order valence-electron chi connectivity index (χ2n) is 6.45. The number of anilines is 1. The van der Waals surface area contributed by atoms with Crippen LogP contribution >= 0.6 is 8.25 Å². The number of hydrogen-bond acceptors (Lipinski definition) is 9. The third kappa shape index (κ3) is 3.84.